The third-order valence-electron chi connectivity index (χ3n) is 2.99. The topological polar surface area (TPSA) is 0 Å². The number of hydrogen-bond donors (Lipinski definition) is 0. The van der Waals surface area contributed by atoms with E-state index in [2.05, 4.69) is 98.2 Å². The molecule has 0 amide bonds. The normalized spacial score (nSPS) is 12.8. The van der Waals surface area contributed by atoms with Crippen LogP contribution in [0.3, 0.4) is 0 Å². The van der Waals surface area contributed by atoms with Crippen LogP contribution in [0, 0.1) is 0 Å². The van der Waals surface area contributed by atoms with Gasteiger partial charge in [0.2, 0.25) is 0 Å². The molecule has 1 heteroatoms. The first-order valence-electron chi connectivity index (χ1n) is 7.06. The van der Waals surface area contributed by atoms with E-state index in [0.29, 0.717) is 0 Å². The first-order valence-corrected chi connectivity index (χ1v) is 10.6. The molecule has 20 heavy (non-hydrogen) atoms. The van der Waals surface area contributed by atoms with Gasteiger partial charge in [-0.3, -0.25) is 0 Å². The highest BCUT2D eigenvalue weighted by Crippen LogP contribution is 2.20. The molecule has 0 nitrogen and oxygen atoms in total. The van der Waals surface area contributed by atoms with Crippen molar-refractivity contribution in [3.8, 4) is 0 Å². The maximum absolute atomic E-state index is 2.40. The van der Waals surface area contributed by atoms with Crippen LogP contribution in [0.2, 0.25) is 19.6 Å². The number of allylic oxidation sites excluding steroid dienone is 2. The van der Waals surface area contributed by atoms with Gasteiger partial charge in [-0.1, -0.05) is 92.1 Å². The standard InChI is InChI=1S/C19H22Si/c1-20(2,3)15-14-19(18-12-8-5-9-13-18)16-17-10-6-4-7-11-17/h4-16H,1-3H3/b15-14+,19-16-. The molecular weight excluding hydrogens is 256 g/mol. The van der Waals surface area contributed by atoms with E-state index in [4.69, 9.17) is 0 Å². The Kier molecular flexibility index (Phi) is 4.75. The van der Waals surface area contributed by atoms with Crippen molar-refractivity contribution in [1.29, 1.82) is 0 Å². The summed E-state index contributed by atoms with van der Waals surface area (Å²) in [5.41, 5.74) is 6.19. The van der Waals surface area contributed by atoms with Crippen LogP contribution >= 0.6 is 0 Å². The summed E-state index contributed by atoms with van der Waals surface area (Å²) in [5, 5.41) is 0. The van der Waals surface area contributed by atoms with Crippen LogP contribution in [0.15, 0.2) is 72.4 Å². The van der Waals surface area contributed by atoms with Crippen LogP contribution in [-0.4, -0.2) is 8.07 Å². The maximum atomic E-state index is 2.40. The fourth-order valence-corrected chi connectivity index (χ4v) is 2.61. The van der Waals surface area contributed by atoms with Gasteiger partial charge in [0.1, 0.15) is 0 Å². The molecular formula is C19H22Si. The minimum absolute atomic E-state index is 1.19. The highest BCUT2D eigenvalue weighted by atomic mass is 28.3. The number of hydrogen-bond acceptors (Lipinski definition) is 0. The third-order valence-corrected chi connectivity index (χ3v) is 4.16. The Hall–Kier alpha value is -1.86. The van der Waals surface area contributed by atoms with Gasteiger partial charge in [0.25, 0.3) is 0 Å². The lowest BCUT2D eigenvalue weighted by atomic mass is 10.0. The summed E-state index contributed by atoms with van der Waals surface area (Å²) >= 11 is 0. The maximum Gasteiger partial charge on any atom is 0.0687 e. The molecule has 0 saturated heterocycles. The van der Waals surface area contributed by atoms with Gasteiger partial charge >= 0.3 is 0 Å². The predicted molar refractivity (Wildman–Crippen MR) is 93.2 cm³/mol. The lowest BCUT2D eigenvalue weighted by Crippen LogP contribution is -2.15. The van der Waals surface area contributed by atoms with Crippen LogP contribution in [0.1, 0.15) is 11.1 Å². The molecule has 0 aromatic heterocycles. The summed E-state index contributed by atoms with van der Waals surface area (Å²) in [6, 6.07) is 21.1. The van der Waals surface area contributed by atoms with E-state index < -0.39 is 8.07 Å². The molecule has 0 heterocycles. The molecule has 0 unspecified atom stereocenters. The van der Waals surface area contributed by atoms with Crippen LogP contribution in [0.25, 0.3) is 11.6 Å². The van der Waals surface area contributed by atoms with Crippen molar-refractivity contribution < 1.29 is 0 Å². The summed E-state index contributed by atoms with van der Waals surface area (Å²) < 4.78 is 0. The Balaban J connectivity index is 2.40. The largest absolute Gasteiger partial charge is 0.0944 e. The van der Waals surface area contributed by atoms with Crippen molar-refractivity contribution in [2.45, 2.75) is 19.6 Å². The Bertz CT molecular complexity index is 587. The fourth-order valence-electron chi connectivity index (χ4n) is 1.93. The van der Waals surface area contributed by atoms with Crippen molar-refractivity contribution >= 4 is 19.7 Å². The van der Waals surface area contributed by atoms with Crippen LogP contribution in [0.5, 0.6) is 0 Å². The van der Waals surface area contributed by atoms with Gasteiger partial charge in [0.05, 0.1) is 8.07 Å². The van der Waals surface area contributed by atoms with Gasteiger partial charge in [-0.15, -0.1) is 0 Å². The van der Waals surface area contributed by atoms with Crippen molar-refractivity contribution in [2.24, 2.45) is 0 Å². The molecule has 0 radical (unpaired) electrons. The first kappa shape index (κ1) is 14.5. The van der Waals surface area contributed by atoms with E-state index in [-0.39, 0.29) is 0 Å². The second-order valence-corrected chi connectivity index (χ2v) is 11.1. The smallest absolute Gasteiger partial charge is 0.0687 e. The molecule has 2 rings (SSSR count). The monoisotopic (exact) mass is 278 g/mol. The molecule has 2 aromatic rings. The predicted octanol–water partition coefficient (Wildman–Crippen LogP) is 5.66. The third kappa shape index (κ3) is 4.67. The zero-order valence-electron chi connectivity index (χ0n) is 12.5. The molecule has 0 saturated carbocycles. The second-order valence-electron chi connectivity index (χ2n) is 6.08. The molecule has 0 aliphatic carbocycles. The summed E-state index contributed by atoms with van der Waals surface area (Å²) in [4.78, 5) is 0. The molecule has 2 aromatic carbocycles. The SMILES string of the molecule is C[Si](C)(C)/C=C/C(=C/c1ccccc1)c1ccccc1. The van der Waals surface area contributed by atoms with E-state index in [1.54, 1.807) is 0 Å². The molecule has 0 atom stereocenters. The Morgan fingerprint density at radius 2 is 1.35 bits per heavy atom. The zero-order chi connectivity index (χ0) is 14.4. The van der Waals surface area contributed by atoms with Gasteiger partial charge in [0.15, 0.2) is 0 Å². The van der Waals surface area contributed by atoms with Crippen LogP contribution < -0.4 is 0 Å². The van der Waals surface area contributed by atoms with E-state index in [9.17, 15) is 0 Å². The average molecular weight is 278 g/mol. The summed E-state index contributed by atoms with van der Waals surface area (Å²) in [7, 11) is -1.19. The average Bonchev–Trinajstić information content (AvgIpc) is 2.44. The van der Waals surface area contributed by atoms with Crippen LogP contribution in [-0.2, 0) is 0 Å². The summed E-state index contributed by atoms with van der Waals surface area (Å²) in [5.74, 6) is 0. The van der Waals surface area contributed by atoms with Crippen molar-refractivity contribution in [3.05, 3.63) is 83.6 Å². The lowest BCUT2D eigenvalue weighted by Gasteiger charge is -2.10. The minimum Gasteiger partial charge on any atom is -0.0944 e. The van der Waals surface area contributed by atoms with E-state index >= 15 is 0 Å². The second kappa shape index (κ2) is 6.53. The van der Waals surface area contributed by atoms with Gasteiger partial charge in [-0.2, -0.15) is 0 Å². The molecule has 0 N–H and O–H groups in total. The van der Waals surface area contributed by atoms with Gasteiger partial charge in [-0.05, 0) is 22.8 Å². The van der Waals surface area contributed by atoms with Gasteiger partial charge < -0.3 is 0 Å². The van der Waals surface area contributed by atoms with Crippen molar-refractivity contribution in [3.63, 3.8) is 0 Å². The molecule has 0 aliphatic rings. The molecule has 0 bridgehead atoms. The minimum atomic E-state index is -1.19. The highest BCUT2D eigenvalue weighted by molar-refractivity contribution is 6.81. The lowest BCUT2D eigenvalue weighted by molar-refractivity contribution is 1.61. The Labute approximate surface area is 123 Å². The molecule has 0 aliphatic heterocycles. The Morgan fingerprint density at radius 3 is 1.90 bits per heavy atom. The first-order chi connectivity index (χ1) is 9.54. The molecule has 102 valence electrons. The van der Waals surface area contributed by atoms with Gasteiger partial charge in [-0.25, -0.2) is 0 Å². The van der Waals surface area contributed by atoms with Crippen molar-refractivity contribution in [1.82, 2.24) is 0 Å². The zero-order valence-corrected chi connectivity index (χ0v) is 13.5. The molecule has 0 fully saturated rings. The van der Waals surface area contributed by atoms with E-state index in [1.807, 2.05) is 0 Å². The van der Waals surface area contributed by atoms with E-state index in [0.717, 1.165) is 0 Å². The quantitative estimate of drug-likeness (QED) is 0.384. The van der Waals surface area contributed by atoms with Crippen molar-refractivity contribution in [2.75, 3.05) is 0 Å². The summed E-state index contributed by atoms with van der Waals surface area (Å²) in [6.07, 6.45) is 4.54. The fraction of sp³-hybridized carbons (Fsp3) is 0.158. The number of rotatable bonds is 4. The van der Waals surface area contributed by atoms with Gasteiger partial charge in [0, 0.05) is 0 Å². The van der Waals surface area contributed by atoms with Crippen LogP contribution in [0.4, 0.5) is 0 Å². The van der Waals surface area contributed by atoms with E-state index in [1.165, 1.54) is 16.7 Å². The molecule has 0 spiro atoms. The summed E-state index contributed by atoms with van der Waals surface area (Å²) in [6.45, 7) is 7.07. The number of benzene rings is 2. The Morgan fingerprint density at radius 1 is 0.800 bits per heavy atom. The highest BCUT2D eigenvalue weighted by Gasteiger charge is 2.07.